The van der Waals surface area contributed by atoms with E-state index >= 15 is 0 Å². The molecule has 2 aromatic heterocycles. The van der Waals surface area contributed by atoms with Gasteiger partial charge in [-0.1, -0.05) is 13.8 Å². The van der Waals surface area contributed by atoms with Crippen LogP contribution in [0.2, 0.25) is 0 Å². The molecule has 0 amide bonds. The van der Waals surface area contributed by atoms with Crippen molar-refractivity contribution in [1.82, 2.24) is 9.97 Å². The Morgan fingerprint density at radius 1 is 1.12 bits per heavy atom. The van der Waals surface area contributed by atoms with Crippen LogP contribution in [0.5, 0.6) is 0 Å². The molecule has 0 fully saturated rings. The first kappa shape index (κ1) is 10.7. The van der Waals surface area contributed by atoms with Gasteiger partial charge in [-0.3, -0.25) is 4.99 Å². The van der Waals surface area contributed by atoms with Gasteiger partial charge in [0.15, 0.2) is 0 Å². The van der Waals surface area contributed by atoms with E-state index < -0.39 is 0 Å². The fourth-order valence-electron chi connectivity index (χ4n) is 1.54. The Morgan fingerprint density at radius 3 is 2.06 bits per heavy atom. The minimum atomic E-state index is 0.569. The molecule has 0 unspecified atom stereocenters. The number of nitrogens with zero attached hydrogens (tertiary/aromatic N) is 1. The fourth-order valence-corrected chi connectivity index (χ4v) is 1.54. The number of rotatable bonds is 4. The molecular formula is C13H17N3. The summed E-state index contributed by atoms with van der Waals surface area (Å²) >= 11 is 0. The second-order valence-corrected chi connectivity index (χ2v) is 4.25. The molecular weight excluding hydrogens is 198 g/mol. The van der Waals surface area contributed by atoms with Crippen LogP contribution in [0.25, 0.3) is 0 Å². The summed E-state index contributed by atoms with van der Waals surface area (Å²) in [5.74, 6) is 0.569. The third-order valence-electron chi connectivity index (χ3n) is 2.32. The highest BCUT2D eigenvalue weighted by Gasteiger charge is 2.08. The number of hydrogen-bond acceptors (Lipinski definition) is 1. The lowest BCUT2D eigenvalue weighted by atomic mass is 10.2. The van der Waals surface area contributed by atoms with Crippen molar-refractivity contribution in [2.45, 2.75) is 13.8 Å². The van der Waals surface area contributed by atoms with Gasteiger partial charge in [-0.15, -0.1) is 0 Å². The molecule has 3 heteroatoms. The molecule has 0 saturated carbocycles. The summed E-state index contributed by atoms with van der Waals surface area (Å²) in [5.41, 5.74) is 3.12. The number of aliphatic imine (C=N–C) groups is 1. The minimum absolute atomic E-state index is 0.569. The zero-order valence-corrected chi connectivity index (χ0v) is 9.70. The molecule has 0 spiro atoms. The first-order chi connectivity index (χ1) is 7.77. The van der Waals surface area contributed by atoms with E-state index in [0.717, 1.165) is 23.6 Å². The Labute approximate surface area is 95.6 Å². The quantitative estimate of drug-likeness (QED) is 0.737. The van der Waals surface area contributed by atoms with Crippen LogP contribution in [0.1, 0.15) is 25.2 Å². The van der Waals surface area contributed by atoms with Crippen molar-refractivity contribution in [1.29, 1.82) is 0 Å². The highest BCUT2D eigenvalue weighted by molar-refractivity contribution is 6.10. The fraction of sp³-hybridized carbons (Fsp3) is 0.308. The number of aromatic nitrogens is 2. The van der Waals surface area contributed by atoms with Crippen LogP contribution in [-0.2, 0) is 0 Å². The molecule has 84 valence electrons. The van der Waals surface area contributed by atoms with Crippen molar-refractivity contribution < 1.29 is 0 Å². The topological polar surface area (TPSA) is 43.9 Å². The number of H-pyrrole nitrogens is 2. The second kappa shape index (κ2) is 4.84. The first-order valence-electron chi connectivity index (χ1n) is 5.59. The molecule has 2 heterocycles. The van der Waals surface area contributed by atoms with Crippen LogP contribution >= 0.6 is 0 Å². The van der Waals surface area contributed by atoms with Crippen LogP contribution in [0.15, 0.2) is 41.7 Å². The van der Waals surface area contributed by atoms with Crippen molar-refractivity contribution in [2.75, 3.05) is 6.54 Å². The molecule has 16 heavy (non-hydrogen) atoms. The van der Waals surface area contributed by atoms with E-state index in [2.05, 4.69) is 28.8 Å². The highest BCUT2D eigenvalue weighted by Crippen LogP contribution is 2.08. The van der Waals surface area contributed by atoms with Crippen molar-refractivity contribution in [2.24, 2.45) is 10.9 Å². The van der Waals surface area contributed by atoms with Crippen LogP contribution in [0, 0.1) is 5.92 Å². The van der Waals surface area contributed by atoms with Gasteiger partial charge >= 0.3 is 0 Å². The first-order valence-corrected chi connectivity index (χ1v) is 5.59. The van der Waals surface area contributed by atoms with Crippen LogP contribution in [0.4, 0.5) is 0 Å². The standard InChI is InChI=1S/C13H17N3/c1-10(2)9-16-13(11-5-3-7-14-11)12-6-4-8-15-12/h3-8,10,14-15H,9H2,1-2H3. The van der Waals surface area contributed by atoms with Gasteiger partial charge in [0.05, 0.1) is 11.4 Å². The number of aromatic amines is 2. The Balaban J connectivity index is 2.31. The second-order valence-electron chi connectivity index (χ2n) is 4.25. The monoisotopic (exact) mass is 215 g/mol. The van der Waals surface area contributed by atoms with E-state index in [4.69, 9.17) is 0 Å². The van der Waals surface area contributed by atoms with E-state index in [1.807, 2.05) is 36.7 Å². The van der Waals surface area contributed by atoms with Gasteiger partial charge < -0.3 is 9.97 Å². The maximum absolute atomic E-state index is 4.66. The zero-order chi connectivity index (χ0) is 11.4. The maximum Gasteiger partial charge on any atom is 0.104 e. The third-order valence-corrected chi connectivity index (χ3v) is 2.32. The van der Waals surface area contributed by atoms with E-state index in [9.17, 15) is 0 Å². The normalized spacial score (nSPS) is 10.7. The summed E-state index contributed by atoms with van der Waals surface area (Å²) in [5, 5.41) is 0. The molecule has 0 aromatic carbocycles. The summed E-state index contributed by atoms with van der Waals surface area (Å²) in [6.07, 6.45) is 3.84. The number of nitrogens with one attached hydrogen (secondary N) is 2. The third kappa shape index (κ3) is 2.42. The highest BCUT2D eigenvalue weighted by atomic mass is 14.8. The summed E-state index contributed by atoms with van der Waals surface area (Å²) in [7, 11) is 0. The summed E-state index contributed by atoms with van der Waals surface area (Å²) in [4.78, 5) is 11.1. The molecule has 2 N–H and O–H groups in total. The lowest BCUT2D eigenvalue weighted by Crippen LogP contribution is -2.07. The smallest absolute Gasteiger partial charge is 0.104 e. The largest absolute Gasteiger partial charge is 0.360 e. The summed E-state index contributed by atoms with van der Waals surface area (Å²) < 4.78 is 0. The van der Waals surface area contributed by atoms with Gasteiger partial charge in [-0.2, -0.15) is 0 Å². The SMILES string of the molecule is CC(C)CN=C(c1ccc[nH]1)c1ccc[nH]1. The van der Waals surface area contributed by atoms with E-state index in [1.54, 1.807) is 0 Å². The van der Waals surface area contributed by atoms with Crippen molar-refractivity contribution in [3.05, 3.63) is 48.0 Å². The molecule has 2 rings (SSSR count). The molecule has 0 aliphatic rings. The van der Waals surface area contributed by atoms with Crippen molar-refractivity contribution in [3.63, 3.8) is 0 Å². The van der Waals surface area contributed by atoms with E-state index in [1.165, 1.54) is 0 Å². The molecule has 0 aliphatic carbocycles. The van der Waals surface area contributed by atoms with Gasteiger partial charge in [-0.05, 0) is 30.2 Å². The van der Waals surface area contributed by atoms with E-state index in [-0.39, 0.29) is 0 Å². The molecule has 0 atom stereocenters. The van der Waals surface area contributed by atoms with Crippen LogP contribution < -0.4 is 0 Å². The predicted octanol–water partition coefficient (Wildman–Crippen LogP) is 2.84. The van der Waals surface area contributed by atoms with Crippen LogP contribution in [0.3, 0.4) is 0 Å². The predicted molar refractivity (Wildman–Crippen MR) is 66.9 cm³/mol. The summed E-state index contributed by atoms with van der Waals surface area (Å²) in [6, 6.07) is 8.06. The Bertz CT molecular complexity index is 399. The Hall–Kier alpha value is -1.77. The average molecular weight is 215 g/mol. The van der Waals surface area contributed by atoms with Gasteiger partial charge in [0, 0.05) is 18.9 Å². The number of hydrogen-bond donors (Lipinski definition) is 2. The van der Waals surface area contributed by atoms with Gasteiger partial charge in [0.2, 0.25) is 0 Å². The lowest BCUT2D eigenvalue weighted by molar-refractivity contribution is 0.666. The average Bonchev–Trinajstić information content (AvgIpc) is 2.88. The molecule has 0 aliphatic heterocycles. The van der Waals surface area contributed by atoms with Gasteiger partial charge in [-0.25, -0.2) is 0 Å². The summed E-state index contributed by atoms with van der Waals surface area (Å²) in [6.45, 7) is 5.18. The van der Waals surface area contributed by atoms with Crippen molar-refractivity contribution >= 4 is 5.71 Å². The molecule has 2 aromatic rings. The lowest BCUT2D eigenvalue weighted by Gasteiger charge is -2.05. The van der Waals surface area contributed by atoms with E-state index in [0.29, 0.717) is 5.92 Å². The zero-order valence-electron chi connectivity index (χ0n) is 9.70. The molecule has 0 saturated heterocycles. The van der Waals surface area contributed by atoms with Crippen LogP contribution in [-0.4, -0.2) is 22.2 Å². The minimum Gasteiger partial charge on any atom is -0.360 e. The molecule has 0 radical (unpaired) electrons. The Morgan fingerprint density at radius 2 is 1.69 bits per heavy atom. The maximum atomic E-state index is 4.66. The van der Waals surface area contributed by atoms with Gasteiger partial charge in [0.25, 0.3) is 0 Å². The van der Waals surface area contributed by atoms with Crippen molar-refractivity contribution in [3.8, 4) is 0 Å². The molecule has 3 nitrogen and oxygen atoms in total. The van der Waals surface area contributed by atoms with Gasteiger partial charge in [0.1, 0.15) is 5.71 Å². The molecule has 0 bridgehead atoms. The Kier molecular flexibility index (Phi) is 3.25.